The standard InChI is InChI=1S/C15H12/c1-3-7-13-11-10-12(4-2)14-8-5-6-9-15(13)14/h2-3,5-6,8-11H,1,7H2. The van der Waals surface area contributed by atoms with Crippen LogP contribution in [0.4, 0.5) is 0 Å². The maximum absolute atomic E-state index is 5.47. The Bertz CT molecular complexity index is 541. The molecule has 0 fully saturated rings. The SMILES string of the molecule is C#Cc1ccc(CC=C)c2ccccc12. The van der Waals surface area contributed by atoms with Gasteiger partial charge in [0.25, 0.3) is 0 Å². The summed E-state index contributed by atoms with van der Waals surface area (Å²) >= 11 is 0. The van der Waals surface area contributed by atoms with E-state index in [-0.39, 0.29) is 0 Å². The summed E-state index contributed by atoms with van der Waals surface area (Å²) in [5.74, 6) is 2.71. The van der Waals surface area contributed by atoms with Crippen LogP contribution in [0, 0.1) is 12.3 Å². The monoisotopic (exact) mass is 192 g/mol. The van der Waals surface area contributed by atoms with Gasteiger partial charge in [-0.25, -0.2) is 0 Å². The molecule has 0 nitrogen and oxygen atoms in total. The summed E-state index contributed by atoms with van der Waals surface area (Å²) in [7, 11) is 0. The molecule has 0 heteroatoms. The molecular formula is C15H12. The molecule has 0 aliphatic rings. The Hall–Kier alpha value is -2.00. The lowest BCUT2D eigenvalue weighted by Gasteiger charge is -2.06. The fourth-order valence-corrected chi connectivity index (χ4v) is 1.82. The van der Waals surface area contributed by atoms with E-state index in [4.69, 9.17) is 6.42 Å². The fourth-order valence-electron chi connectivity index (χ4n) is 1.82. The van der Waals surface area contributed by atoms with E-state index in [1.807, 2.05) is 24.3 Å². The normalized spacial score (nSPS) is 9.80. The highest BCUT2D eigenvalue weighted by Crippen LogP contribution is 2.22. The predicted molar refractivity (Wildman–Crippen MR) is 65.8 cm³/mol. The number of hydrogen-bond donors (Lipinski definition) is 0. The zero-order chi connectivity index (χ0) is 10.7. The molecule has 0 N–H and O–H groups in total. The Morgan fingerprint density at radius 1 is 1.13 bits per heavy atom. The van der Waals surface area contributed by atoms with Gasteiger partial charge in [0, 0.05) is 5.56 Å². The van der Waals surface area contributed by atoms with Crippen molar-refractivity contribution in [2.45, 2.75) is 6.42 Å². The molecule has 0 unspecified atom stereocenters. The molecule has 0 radical (unpaired) electrons. The second kappa shape index (κ2) is 4.02. The van der Waals surface area contributed by atoms with Crippen molar-refractivity contribution in [3.05, 3.63) is 60.2 Å². The van der Waals surface area contributed by atoms with Crippen molar-refractivity contribution in [1.29, 1.82) is 0 Å². The van der Waals surface area contributed by atoms with Crippen molar-refractivity contribution < 1.29 is 0 Å². The third kappa shape index (κ3) is 1.65. The van der Waals surface area contributed by atoms with E-state index in [0.717, 1.165) is 17.4 Å². The van der Waals surface area contributed by atoms with E-state index < -0.39 is 0 Å². The molecule has 0 aliphatic heterocycles. The van der Waals surface area contributed by atoms with Crippen molar-refractivity contribution in [1.82, 2.24) is 0 Å². The minimum absolute atomic E-state index is 0.880. The first-order valence-corrected chi connectivity index (χ1v) is 4.95. The van der Waals surface area contributed by atoms with Crippen LogP contribution < -0.4 is 0 Å². The maximum Gasteiger partial charge on any atom is 0.0321 e. The van der Waals surface area contributed by atoms with Gasteiger partial charge in [0.2, 0.25) is 0 Å². The molecule has 2 aromatic carbocycles. The lowest BCUT2D eigenvalue weighted by Crippen LogP contribution is -1.87. The summed E-state index contributed by atoms with van der Waals surface area (Å²) in [6.07, 6.45) is 8.26. The second-order valence-electron chi connectivity index (χ2n) is 3.45. The van der Waals surface area contributed by atoms with Gasteiger partial charge in [0.1, 0.15) is 0 Å². The number of rotatable bonds is 2. The summed E-state index contributed by atoms with van der Waals surface area (Å²) in [6.45, 7) is 3.77. The van der Waals surface area contributed by atoms with Crippen LogP contribution in [-0.2, 0) is 6.42 Å². The second-order valence-corrected chi connectivity index (χ2v) is 3.45. The zero-order valence-electron chi connectivity index (χ0n) is 8.53. The zero-order valence-corrected chi connectivity index (χ0v) is 8.53. The molecular weight excluding hydrogens is 180 g/mol. The summed E-state index contributed by atoms with van der Waals surface area (Å²) < 4.78 is 0. The molecule has 2 aromatic rings. The molecule has 0 aromatic heterocycles. The van der Waals surface area contributed by atoms with E-state index in [0.29, 0.717) is 0 Å². The average molecular weight is 192 g/mol. The third-order valence-corrected chi connectivity index (χ3v) is 2.53. The molecule has 0 saturated carbocycles. The van der Waals surface area contributed by atoms with E-state index in [9.17, 15) is 0 Å². The first-order chi connectivity index (χ1) is 7.36. The first-order valence-electron chi connectivity index (χ1n) is 4.95. The summed E-state index contributed by atoms with van der Waals surface area (Å²) in [4.78, 5) is 0. The minimum atomic E-state index is 0.880. The first kappa shape index (κ1) is 9.55. The lowest BCUT2D eigenvalue weighted by molar-refractivity contribution is 1.31. The van der Waals surface area contributed by atoms with Gasteiger partial charge in [-0.05, 0) is 28.8 Å². The van der Waals surface area contributed by atoms with Gasteiger partial charge in [-0.1, -0.05) is 42.3 Å². The number of allylic oxidation sites excluding steroid dienone is 1. The van der Waals surface area contributed by atoms with Gasteiger partial charge in [-0.15, -0.1) is 13.0 Å². The highest BCUT2D eigenvalue weighted by Gasteiger charge is 2.02. The van der Waals surface area contributed by atoms with Crippen molar-refractivity contribution in [2.75, 3.05) is 0 Å². The maximum atomic E-state index is 5.47. The van der Waals surface area contributed by atoms with E-state index in [1.165, 1.54) is 10.9 Å². The number of benzene rings is 2. The molecule has 15 heavy (non-hydrogen) atoms. The Labute approximate surface area is 90.2 Å². The van der Waals surface area contributed by atoms with Crippen molar-refractivity contribution in [3.8, 4) is 12.3 Å². The largest absolute Gasteiger partial charge is 0.115 e. The molecule has 2 rings (SSSR count). The quantitative estimate of drug-likeness (QED) is 0.504. The molecule has 0 amide bonds. The molecule has 0 atom stereocenters. The Balaban J connectivity index is 2.78. The summed E-state index contributed by atoms with van der Waals surface area (Å²) in [5, 5.41) is 2.38. The van der Waals surface area contributed by atoms with Crippen molar-refractivity contribution in [2.24, 2.45) is 0 Å². The Kier molecular flexibility index (Phi) is 2.56. The van der Waals surface area contributed by atoms with Gasteiger partial charge < -0.3 is 0 Å². The van der Waals surface area contributed by atoms with Crippen LogP contribution in [0.2, 0.25) is 0 Å². The summed E-state index contributed by atoms with van der Waals surface area (Å²) in [5.41, 5.74) is 2.23. The van der Waals surface area contributed by atoms with Crippen molar-refractivity contribution >= 4 is 10.8 Å². The summed E-state index contributed by atoms with van der Waals surface area (Å²) in [6, 6.07) is 12.3. The van der Waals surface area contributed by atoms with Gasteiger partial charge in [0.05, 0.1) is 0 Å². The van der Waals surface area contributed by atoms with Crippen LogP contribution in [-0.4, -0.2) is 0 Å². The Morgan fingerprint density at radius 3 is 2.53 bits per heavy atom. The molecule has 0 spiro atoms. The average Bonchev–Trinajstić information content (AvgIpc) is 2.30. The third-order valence-electron chi connectivity index (χ3n) is 2.53. The molecule has 72 valence electrons. The van der Waals surface area contributed by atoms with Crippen LogP contribution in [0.3, 0.4) is 0 Å². The van der Waals surface area contributed by atoms with Crippen LogP contribution in [0.25, 0.3) is 10.8 Å². The van der Waals surface area contributed by atoms with Crippen LogP contribution in [0.1, 0.15) is 11.1 Å². The molecule has 0 aliphatic carbocycles. The smallest absolute Gasteiger partial charge is 0.0321 e. The number of hydrogen-bond acceptors (Lipinski definition) is 0. The predicted octanol–water partition coefficient (Wildman–Crippen LogP) is 3.55. The molecule has 0 saturated heterocycles. The van der Waals surface area contributed by atoms with E-state index in [1.54, 1.807) is 0 Å². The molecule has 0 bridgehead atoms. The van der Waals surface area contributed by atoms with Gasteiger partial charge in [-0.2, -0.15) is 0 Å². The number of fused-ring (bicyclic) bond motifs is 1. The lowest BCUT2D eigenvalue weighted by atomic mass is 9.98. The minimum Gasteiger partial charge on any atom is -0.115 e. The van der Waals surface area contributed by atoms with Gasteiger partial charge in [-0.3, -0.25) is 0 Å². The molecule has 0 heterocycles. The topological polar surface area (TPSA) is 0 Å². The van der Waals surface area contributed by atoms with Crippen LogP contribution in [0.15, 0.2) is 49.1 Å². The van der Waals surface area contributed by atoms with Crippen LogP contribution >= 0.6 is 0 Å². The van der Waals surface area contributed by atoms with E-state index >= 15 is 0 Å². The van der Waals surface area contributed by atoms with E-state index in [2.05, 4.69) is 30.7 Å². The van der Waals surface area contributed by atoms with Gasteiger partial charge >= 0.3 is 0 Å². The highest BCUT2D eigenvalue weighted by atomic mass is 14.1. The van der Waals surface area contributed by atoms with Gasteiger partial charge in [0.15, 0.2) is 0 Å². The van der Waals surface area contributed by atoms with Crippen LogP contribution in [0.5, 0.6) is 0 Å². The van der Waals surface area contributed by atoms with Crippen molar-refractivity contribution in [3.63, 3.8) is 0 Å². The highest BCUT2D eigenvalue weighted by molar-refractivity contribution is 5.90. The Morgan fingerprint density at radius 2 is 1.87 bits per heavy atom. The fraction of sp³-hybridized carbons (Fsp3) is 0.0667. The number of terminal acetylenes is 1.